The summed E-state index contributed by atoms with van der Waals surface area (Å²) in [6.07, 6.45) is 2.06. The van der Waals surface area contributed by atoms with Crippen molar-refractivity contribution in [3.05, 3.63) is 88.0 Å². The number of benzene rings is 3. The third kappa shape index (κ3) is 16.6. The maximum absolute atomic E-state index is 12.3. The molecule has 0 aliphatic carbocycles. The number of likely N-dealkylation sites (N-methyl/N-ethyl adjacent to an activating group) is 3. The lowest BCUT2D eigenvalue weighted by molar-refractivity contribution is -0.130. The molecule has 0 saturated carbocycles. The largest absolute Gasteiger partial charge is 0.336 e. The highest BCUT2D eigenvalue weighted by molar-refractivity contribution is 5.97. The first-order valence-corrected chi connectivity index (χ1v) is 19.2. The van der Waals surface area contributed by atoms with Gasteiger partial charge in [0, 0.05) is 38.2 Å². The van der Waals surface area contributed by atoms with E-state index in [1.165, 1.54) is 14.7 Å². The van der Waals surface area contributed by atoms with Gasteiger partial charge in [-0.3, -0.25) is 28.8 Å². The van der Waals surface area contributed by atoms with E-state index in [9.17, 15) is 28.8 Å². The predicted octanol–water partition coefficient (Wildman–Crippen LogP) is 7.06. The van der Waals surface area contributed by atoms with Crippen LogP contribution in [0, 0.1) is 59.3 Å². The topological polar surface area (TPSA) is 148 Å². The monoisotopic (exact) mass is 787 g/mol. The van der Waals surface area contributed by atoms with Crippen LogP contribution in [0.5, 0.6) is 0 Å². The van der Waals surface area contributed by atoms with Crippen molar-refractivity contribution in [1.82, 2.24) is 14.7 Å². The van der Waals surface area contributed by atoms with Crippen LogP contribution in [-0.2, 0) is 28.8 Å². The van der Waals surface area contributed by atoms with Gasteiger partial charge in [-0.2, -0.15) is 0 Å². The number of nitrogens with zero attached hydrogens (tertiary/aromatic N) is 3. The summed E-state index contributed by atoms with van der Waals surface area (Å²) >= 11 is 0. The van der Waals surface area contributed by atoms with Gasteiger partial charge in [0.15, 0.2) is 0 Å². The van der Waals surface area contributed by atoms with Crippen LogP contribution in [0.2, 0.25) is 0 Å². The highest BCUT2D eigenvalue weighted by Crippen LogP contribution is 2.19. The van der Waals surface area contributed by atoms with E-state index >= 15 is 0 Å². The van der Waals surface area contributed by atoms with E-state index in [2.05, 4.69) is 16.0 Å². The summed E-state index contributed by atoms with van der Waals surface area (Å²) in [6.45, 7) is 23.5. The average molecular weight is 787 g/mol. The van der Waals surface area contributed by atoms with Crippen LogP contribution in [-0.4, -0.2) is 90.9 Å². The minimum absolute atomic E-state index is 0.0566. The van der Waals surface area contributed by atoms with Gasteiger partial charge in [-0.1, -0.05) is 59.7 Å². The number of rotatable bonds is 15. The maximum Gasteiger partial charge on any atom is 0.247 e. The Labute approximate surface area is 340 Å². The molecule has 0 aliphatic rings. The first-order chi connectivity index (χ1) is 26.5. The van der Waals surface area contributed by atoms with Crippen molar-refractivity contribution in [2.45, 2.75) is 101 Å². The molecular formula is C45H66N6O6. The quantitative estimate of drug-likeness (QED) is 0.141. The Hall–Kier alpha value is -5.52. The Balaban J connectivity index is 0.000000427. The summed E-state index contributed by atoms with van der Waals surface area (Å²) in [4.78, 5) is 73.6. The fraction of sp³-hybridized carbons (Fsp3) is 0.467. The minimum atomic E-state index is -0.460. The standard InChI is InChI=1S/3C15H22N2O2/c3*1-10(2)14(17(5)9-18)15(19)16-13-7-11(3)6-12(4)8-13/h3*6-10,14H,1-5H3,(H,16,19)/t3*14-/m000/s1. The molecule has 3 atom stereocenters. The normalized spacial score (nSPS) is 12.1. The number of anilines is 3. The molecule has 0 fully saturated rings. The van der Waals surface area contributed by atoms with E-state index in [0.717, 1.165) is 50.4 Å². The van der Waals surface area contributed by atoms with Gasteiger partial charge in [0.05, 0.1) is 0 Å². The molecule has 12 nitrogen and oxygen atoms in total. The Morgan fingerprint density at radius 1 is 0.404 bits per heavy atom. The van der Waals surface area contributed by atoms with Crippen LogP contribution >= 0.6 is 0 Å². The second kappa shape index (κ2) is 23.5. The number of carbonyl (C=O) groups excluding carboxylic acids is 6. The lowest BCUT2D eigenvalue weighted by atomic mass is 10.0. The summed E-state index contributed by atoms with van der Waals surface area (Å²) in [5.74, 6) is -0.304. The van der Waals surface area contributed by atoms with E-state index in [0.29, 0.717) is 19.2 Å². The molecule has 0 bridgehead atoms. The number of hydrogen-bond acceptors (Lipinski definition) is 6. The van der Waals surface area contributed by atoms with Crippen LogP contribution in [0.25, 0.3) is 0 Å². The lowest BCUT2D eigenvalue weighted by Crippen LogP contribution is -2.44. The van der Waals surface area contributed by atoms with Crippen LogP contribution in [0.15, 0.2) is 54.6 Å². The zero-order valence-electron chi connectivity index (χ0n) is 36.7. The minimum Gasteiger partial charge on any atom is -0.336 e. The van der Waals surface area contributed by atoms with Crippen molar-refractivity contribution in [3.8, 4) is 0 Å². The number of amides is 6. The molecule has 3 rings (SSSR count). The van der Waals surface area contributed by atoms with E-state index in [1.807, 2.05) is 138 Å². The Morgan fingerprint density at radius 2 is 0.579 bits per heavy atom. The molecular weight excluding hydrogens is 721 g/mol. The van der Waals surface area contributed by atoms with Crippen LogP contribution in [0.3, 0.4) is 0 Å². The Bertz CT molecular complexity index is 1550. The van der Waals surface area contributed by atoms with Gasteiger partial charge in [0.2, 0.25) is 37.0 Å². The van der Waals surface area contributed by atoms with E-state index in [-0.39, 0.29) is 35.5 Å². The van der Waals surface area contributed by atoms with Crippen molar-refractivity contribution in [3.63, 3.8) is 0 Å². The van der Waals surface area contributed by atoms with Gasteiger partial charge in [-0.25, -0.2) is 0 Å². The fourth-order valence-electron chi connectivity index (χ4n) is 6.86. The van der Waals surface area contributed by atoms with Gasteiger partial charge in [-0.05, 0) is 129 Å². The van der Waals surface area contributed by atoms with Crippen LogP contribution < -0.4 is 16.0 Å². The molecule has 0 spiro atoms. The number of aryl methyl sites for hydroxylation is 6. The number of carbonyl (C=O) groups is 6. The van der Waals surface area contributed by atoms with Gasteiger partial charge < -0.3 is 30.7 Å². The van der Waals surface area contributed by atoms with Crippen molar-refractivity contribution >= 4 is 54.0 Å². The molecule has 12 heteroatoms. The summed E-state index contributed by atoms with van der Waals surface area (Å²) in [6, 6.07) is 16.3. The molecule has 3 aromatic carbocycles. The fourth-order valence-corrected chi connectivity index (χ4v) is 6.86. The van der Waals surface area contributed by atoms with Crippen molar-refractivity contribution in [1.29, 1.82) is 0 Å². The average Bonchev–Trinajstić information content (AvgIpc) is 3.06. The lowest BCUT2D eigenvalue weighted by Gasteiger charge is -2.27. The molecule has 57 heavy (non-hydrogen) atoms. The molecule has 0 aromatic heterocycles. The zero-order valence-corrected chi connectivity index (χ0v) is 36.7. The SMILES string of the molecule is Cc1cc(C)cc(NC(=O)[C@H](C(C)C)N(C)C=O)c1.Cc1cc(C)cc(NC(=O)[C@H](C(C)C)N(C)C=O)c1.Cc1cc(C)cc(NC(=O)[C@H](C(C)C)N(C)C=O)c1. The van der Waals surface area contributed by atoms with Crippen LogP contribution in [0.4, 0.5) is 17.1 Å². The summed E-state index contributed by atoms with van der Waals surface area (Å²) in [7, 11) is 4.87. The first kappa shape index (κ1) is 49.5. The Kier molecular flexibility index (Phi) is 20.4. The zero-order chi connectivity index (χ0) is 43.7. The summed E-state index contributed by atoms with van der Waals surface area (Å²) < 4.78 is 0. The molecule has 0 heterocycles. The molecule has 312 valence electrons. The maximum atomic E-state index is 12.3. The molecule has 0 unspecified atom stereocenters. The third-order valence-electron chi connectivity index (χ3n) is 8.98. The van der Waals surface area contributed by atoms with Gasteiger partial charge in [0.25, 0.3) is 0 Å². The number of hydrogen-bond donors (Lipinski definition) is 3. The Morgan fingerprint density at radius 3 is 0.719 bits per heavy atom. The van der Waals surface area contributed by atoms with Gasteiger partial charge in [0.1, 0.15) is 18.1 Å². The summed E-state index contributed by atoms with van der Waals surface area (Å²) in [5, 5.41) is 8.64. The van der Waals surface area contributed by atoms with Crippen molar-refractivity contribution in [2.24, 2.45) is 17.8 Å². The van der Waals surface area contributed by atoms with Gasteiger partial charge in [-0.15, -0.1) is 0 Å². The highest BCUT2D eigenvalue weighted by atomic mass is 16.2. The molecule has 6 amide bonds. The third-order valence-corrected chi connectivity index (χ3v) is 8.98. The number of nitrogens with one attached hydrogen (secondary N) is 3. The van der Waals surface area contributed by atoms with Gasteiger partial charge >= 0.3 is 0 Å². The summed E-state index contributed by atoms with van der Waals surface area (Å²) in [5.41, 5.74) is 8.90. The highest BCUT2D eigenvalue weighted by Gasteiger charge is 2.28. The smallest absolute Gasteiger partial charge is 0.247 e. The van der Waals surface area contributed by atoms with Crippen LogP contribution in [0.1, 0.15) is 74.9 Å². The molecule has 3 aromatic rings. The van der Waals surface area contributed by atoms with Crippen molar-refractivity contribution < 1.29 is 28.8 Å². The molecule has 0 aliphatic heterocycles. The van der Waals surface area contributed by atoms with E-state index < -0.39 is 18.1 Å². The second-order valence-electron chi connectivity index (χ2n) is 16.0. The molecule has 0 saturated heterocycles. The molecule has 0 radical (unpaired) electrons. The molecule has 3 N–H and O–H groups in total. The van der Waals surface area contributed by atoms with E-state index in [1.54, 1.807) is 21.1 Å². The first-order valence-electron chi connectivity index (χ1n) is 19.2. The second-order valence-corrected chi connectivity index (χ2v) is 16.0. The van der Waals surface area contributed by atoms with Crippen molar-refractivity contribution in [2.75, 3.05) is 37.1 Å². The van der Waals surface area contributed by atoms with E-state index in [4.69, 9.17) is 0 Å². The predicted molar refractivity (Wildman–Crippen MR) is 231 cm³/mol.